The number of benzene rings is 1. The van der Waals surface area contributed by atoms with Crippen LogP contribution in [0.5, 0.6) is 5.75 Å². The van der Waals surface area contributed by atoms with Gasteiger partial charge < -0.3 is 10.1 Å². The predicted octanol–water partition coefficient (Wildman–Crippen LogP) is 0.491. The highest BCUT2D eigenvalue weighted by molar-refractivity contribution is 7.89. The number of nitro benzene ring substituents is 1. The first-order chi connectivity index (χ1) is 9.94. The molecule has 0 aliphatic carbocycles. The van der Waals surface area contributed by atoms with Crippen molar-refractivity contribution in [2.45, 2.75) is 11.3 Å². The topological polar surface area (TPSA) is 111 Å². The van der Waals surface area contributed by atoms with E-state index in [1.165, 1.54) is 19.2 Å². The molecule has 1 aliphatic rings. The van der Waals surface area contributed by atoms with Gasteiger partial charge in [-0.05, 0) is 37.6 Å². The summed E-state index contributed by atoms with van der Waals surface area (Å²) in [6, 6.07) is 3.58. The SMILES string of the molecule is COc1ccc(S(=O)(=O)NCC2CCNC2)cc1[N+](=O)[O-]. The van der Waals surface area contributed by atoms with Crippen LogP contribution in [-0.4, -0.2) is 40.1 Å². The molecule has 21 heavy (non-hydrogen) atoms. The zero-order chi connectivity index (χ0) is 15.5. The van der Waals surface area contributed by atoms with Crippen LogP contribution in [0.3, 0.4) is 0 Å². The van der Waals surface area contributed by atoms with E-state index in [4.69, 9.17) is 4.74 Å². The van der Waals surface area contributed by atoms with Crippen molar-refractivity contribution in [1.29, 1.82) is 0 Å². The summed E-state index contributed by atoms with van der Waals surface area (Å²) in [5, 5.41) is 14.1. The summed E-state index contributed by atoms with van der Waals surface area (Å²) < 4.78 is 31.7. The van der Waals surface area contributed by atoms with Crippen molar-refractivity contribution < 1.29 is 18.1 Å². The molecule has 1 saturated heterocycles. The lowest BCUT2D eigenvalue weighted by Gasteiger charge is -2.11. The molecule has 1 aromatic rings. The summed E-state index contributed by atoms with van der Waals surface area (Å²) >= 11 is 0. The van der Waals surface area contributed by atoms with Crippen molar-refractivity contribution in [2.75, 3.05) is 26.7 Å². The molecule has 8 nitrogen and oxygen atoms in total. The molecule has 0 radical (unpaired) electrons. The van der Waals surface area contributed by atoms with Crippen molar-refractivity contribution in [1.82, 2.24) is 10.0 Å². The Kier molecular flexibility index (Phi) is 4.76. The lowest BCUT2D eigenvalue weighted by Crippen LogP contribution is -2.30. The zero-order valence-corrected chi connectivity index (χ0v) is 12.4. The highest BCUT2D eigenvalue weighted by atomic mass is 32.2. The quantitative estimate of drug-likeness (QED) is 0.584. The van der Waals surface area contributed by atoms with Gasteiger partial charge in [0.05, 0.1) is 16.9 Å². The molecule has 1 fully saturated rings. The van der Waals surface area contributed by atoms with Crippen molar-refractivity contribution in [3.05, 3.63) is 28.3 Å². The minimum atomic E-state index is -3.77. The van der Waals surface area contributed by atoms with Crippen LogP contribution in [-0.2, 0) is 10.0 Å². The van der Waals surface area contributed by atoms with E-state index in [0.29, 0.717) is 6.54 Å². The number of sulfonamides is 1. The Morgan fingerprint density at radius 2 is 2.29 bits per heavy atom. The maximum atomic E-state index is 12.2. The van der Waals surface area contributed by atoms with Crippen molar-refractivity contribution >= 4 is 15.7 Å². The van der Waals surface area contributed by atoms with E-state index in [-0.39, 0.29) is 22.3 Å². The molecule has 1 aliphatic heterocycles. The van der Waals surface area contributed by atoms with Gasteiger partial charge in [-0.1, -0.05) is 0 Å². The first-order valence-electron chi connectivity index (χ1n) is 6.47. The van der Waals surface area contributed by atoms with Gasteiger partial charge in [-0.2, -0.15) is 0 Å². The van der Waals surface area contributed by atoms with Crippen LogP contribution < -0.4 is 14.8 Å². The largest absolute Gasteiger partial charge is 0.490 e. The number of hydrogen-bond donors (Lipinski definition) is 2. The molecule has 1 aromatic carbocycles. The van der Waals surface area contributed by atoms with Crippen LogP contribution in [0.2, 0.25) is 0 Å². The number of nitro groups is 1. The maximum Gasteiger partial charge on any atom is 0.312 e. The molecule has 2 rings (SSSR count). The Hall–Kier alpha value is -1.71. The van der Waals surface area contributed by atoms with E-state index in [2.05, 4.69) is 10.0 Å². The van der Waals surface area contributed by atoms with Gasteiger partial charge in [0.25, 0.3) is 0 Å². The number of nitrogens with one attached hydrogen (secondary N) is 2. The Morgan fingerprint density at radius 1 is 1.52 bits per heavy atom. The van der Waals surface area contributed by atoms with Crippen LogP contribution in [0.4, 0.5) is 5.69 Å². The minimum absolute atomic E-state index is 0.0268. The first-order valence-corrected chi connectivity index (χ1v) is 7.95. The van der Waals surface area contributed by atoms with Gasteiger partial charge in [0, 0.05) is 12.6 Å². The van der Waals surface area contributed by atoms with Crippen molar-refractivity contribution in [3.8, 4) is 5.75 Å². The number of methoxy groups -OCH3 is 1. The minimum Gasteiger partial charge on any atom is -0.490 e. The third-order valence-corrected chi connectivity index (χ3v) is 4.80. The molecule has 1 unspecified atom stereocenters. The van der Waals surface area contributed by atoms with Crippen LogP contribution in [0.25, 0.3) is 0 Å². The molecule has 116 valence electrons. The van der Waals surface area contributed by atoms with Gasteiger partial charge in [0.1, 0.15) is 0 Å². The first kappa shape index (κ1) is 15.7. The standard InChI is InChI=1S/C12H17N3O5S/c1-20-12-3-2-10(6-11(12)15(16)17)21(18,19)14-8-9-4-5-13-7-9/h2-3,6,9,13-14H,4-5,7-8H2,1H3. The molecule has 0 spiro atoms. The van der Waals surface area contributed by atoms with Crippen molar-refractivity contribution in [3.63, 3.8) is 0 Å². The highest BCUT2D eigenvalue weighted by Crippen LogP contribution is 2.29. The maximum absolute atomic E-state index is 12.2. The smallest absolute Gasteiger partial charge is 0.312 e. The van der Waals surface area contributed by atoms with Crippen molar-refractivity contribution in [2.24, 2.45) is 5.92 Å². The van der Waals surface area contributed by atoms with Gasteiger partial charge >= 0.3 is 5.69 Å². The van der Waals surface area contributed by atoms with E-state index in [9.17, 15) is 18.5 Å². The average molecular weight is 315 g/mol. The molecule has 0 amide bonds. The Morgan fingerprint density at radius 3 is 2.86 bits per heavy atom. The summed E-state index contributed by atoms with van der Waals surface area (Å²) in [7, 11) is -2.47. The second-order valence-electron chi connectivity index (χ2n) is 4.80. The summed E-state index contributed by atoms with van der Waals surface area (Å²) in [6.45, 7) is 1.96. The predicted molar refractivity (Wildman–Crippen MR) is 75.8 cm³/mol. The number of hydrogen-bond acceptors (Lipinski definition) is 6. The number of nitrogens with zero attached hydrogens (tertiary/aromatic N) is 1. The highest BCUT2D eigenvalue weighted by Gasteiger charge is 2.23. The molecule has 2 N–H and O–H groups in total. The van der Waals surface area contributed by atoms with Gasteiger partial charge in [-0.15, -0.1) is 0 Å². The van der Waals surface area contributed by atoms with E-state index in [0.717, 1.165) is 25.6 Å². The second-order valence-corrected chi connectivity index (χ2v) is 6.57. The fraction of sp³-hybridized carbons (Fsp3) is 0.500. The molecule has 0 bridgehead atoms. The normalized spacial score (nSPS) is 18.6. The molecule has 9 heteroatoms. The fourth-order valence-corrected chi connectivity index (χ4v) is 3.31. The molecule has 0 aromatic heterocycles. The van der Waals surface area contributed by atoms with Crippen LogP contribution >= 0.6 is 0 Å². The van der Waals surface area contributed by atoms with E-state index in [1.807, 2.05) is 0 Å². The zero-order valence-electron chi connectivity index (χ0n) is 11.5. The van der Waals surface area contributed by atoms with E-state index in [1.54, 1.807) is 0 Å². The summed E-state index contributed by atoms with van der Waals surface area (Å²) in [5.74, 6) is 0.270. The Bertz CT molecular complexity index is 626. The lowest BCUT2D eigenvalue weighted by molar-refractivity contribution is -0.386. The summed E-state index contributed by atoms with van der Waals surface area (Å²) in [5.41, 5.74) is -0.372. The van der Waals surface area contributed by atoms with Crippen LogP contribution in [0.1, 0.15) is 6.42 Å². The molecule has 1 atom stereocenters. The third-order valence-electron chi connectivity index (χ3n) is 3.38. The average Bonchev–Trinajstić information content (AvgIpc) is 2.97. The molecule has 1 heterocycles. The molecule has 0 saturated carbocycles. The monoisotopic (exact) mass is 315 g/mol. The van der Waals surface area contributed by atoms with Gasteiger partial charge in [-0.3, -0.25) is 10.1 Å². The van der Waals surface area contributed by atoms with Gasteiger partial charge in [0.15, 0.2) is 5.75 Å². The number of ether oxygens (including phenoxy) is 1. The number of rotatable bonds is 6. The van der Waals surface area contributed by atoms with E-state index >= 15 is 0 Å². The van der Waals surface area contributed by atoms with E-state index < -0.39 is 14.9 Å². The second kappa shape index (κ2) is 6.37. The summed E-state index contributed by atoms with van der Waals surface area (Å²) in [4.78, 5) is 10.1. The third kappa shape index (κ3) is 3.69. The molecular formula is C12H17N3O5S. The Labute approximate surface area is 122 Å². The van der Waals surface area contributed by atoms with Gasteiger partial charge in [0.2, 0.25) is 10.0 Å². The lowest BCUT2D eigenvalue weighted by atomic mass is 10.1. The molecular weight excluding hydrogens is 298 g/mol. The van der Waals surface area contributed by atoms with Crippen LogP contribution in [0.15, 0.2) is 23.1 Å². The summed E-state index contributed by atoms with van der Waals surface area (Å²) in [6.07, 6.45) is 0.908. The van der Waals surface area contributed by atoms with Crippen LogP contribution in [0, 0.1) is 16.0 Å². The fourth-order valence-electron chi connectivity index (χ4n) is 2.18. The Balaban J connectivity index is 2.18. The van der Waals surface area contributed by atoms with Gasteiger partial charge in [-0.25, -0.2) is 13.1 Å².